The van der Waals surface area contributed by atoms with Gasteiger partial charge in [-0.25, -0.2) is 4.79 Å². The Bertz CT molecular complexity index is 767. The summed E-state index contributed by atoms with van der Waals surface area (Å²) in [6.07, 6.45) is 0.188. The Kier molecular flexibility index (Phi) is 7.65. The fourth-order valence-corrected chi connectivity index (χ4v) is 3.08. The van der Waals surface area contributed by atoms with E-state index >= 15 is 0 Å². The Morgan fingerprint density at radius 1 is 1.33 bits per heavy atom. The number of aliphatic hydroxyl groups is 2. The summed E-state index contributed by atoms with van der Waals surface area (Å²) in [5.74, 6) is 0.244. The zero-order chi connectivity index (χ0) is 20.0. The number of carbonyl (C=O) groups excluding carboxylic acids is 1. The molecule has 0 aliphatic rings. The molecular weight excluding hydrogens is 348 g/mol. The molecule has 0 bridgehead atoms. The maximum absolute atomic E-state index is 12.3. The summed E-state index contributed by atoms with van der Waals surface area (Å²) in [6, 6.07) is 5.64. The molecule has 0 amide bonds. The van der Waals surface area contributed by atoms with Gasteiger partial charge < -0.3 is 29.6 Å². The van der Waals surface area contributed by atoms with Crippen LogP contribution in [0.4, 0.5) is 0 Å². The molecule has 1 aromatic carbocycles. The van der Waals surface area contributed by atoms with Crippen molar-refractivity contribution in [1.29, 1.82) is 0 Å². The SMILES string of the molecule is CCOC(=O)c1c(C)n(C)c2ccc(OCC(O)C[NH2+]C(CC)CO)cc12. The Hall–Kier alpha value is -2.09. The maximum Gasteiger partial charge on any atom is 0.340 e. The van der Waals surface area contributed by atoms with Crippen LogP contribution in [0.25, 0.3) is 10.9 Å². The highest BCUT2D eigenvalue weighted by atomic mass is 16.5. The van der Waals surface area contributed by atoms with Gasteiger partial charge in [-0.2, -0.15) is 0 Å². The number of quaternary nitrogens is 1. The monoisotopic (exact) mass is 379 g/mol. The Balaban J connectivity index is 2.11. The number of hydrogen-bond acceptors (Lipinski definition) is 5. The van der Waals surface area contributed by atoms with Crippen molar-refractivity contribution >= 4 is 16.9 Å². The van der Waals surface area contributed by atoms with Crippen LogP contribution in [0.5, 0.6) is 5.75 Å². The predicted molar refractivity (Wildman–Crippen MR) is 103 cm³/mol. The standard InChI is InChI=1S/C20H30N2O5/c1-5-14(11-23)21-10-15(24)12-27-16-7-8-18-17(9-16)19(13(3)22(18)4)20(25)26-6-2/h7-9,14-15,21,23-24H,5-6,10-12H2,1-4H3/p+1. The first-order valence-corrected chi connectivity index (χ1v) is 9.44. The fraction of sp³-hybridized carbons (Fsp3) is 0.550. The second-order valence-electron chi connectivity index (χ2n) is 6.71. The molecule has 150 valence electrons. The quantitative estimate of drug-likeness (QED) is 0.529. The lowest BCUT2D eigenvalue weighted by atomic mass is 10.1. The van der Waals surface area contributed by atoms with Gasteiger partial charge in [-0.3, -0.25) is 0 Å². The van der Waals surface area contributed by atoms with Crippen LogP contribution in [0.3, 0.4) is 0 Å². The number of aliphatic hydroxyl groups excluding tert-OH is 2. The molecule has 0 spiro atoms. The number of ether oxygens (including phenoxy) is 2. The zero-order valence-electron chi connectivity index (χ0n) is 16.6. The topological polar surface area (TPSA) is 97.5 Å². The number of rotatable bonds is 10. The van der Waals surface area contributed by atoms with Crippen molar-refractivity contribution in [2.24, 2.45) is 7.05 Å². The summed E-state index contributed by atoms with van der Waals surface area (Å²) in [5.41, 5.74) is 2.30. The molecule has 7 nitrogen and oxygen atoms in total. The third-order valence-corrected chi connectivity index (χ3v) is 4.89. The smallest absolute Gasteiger partial charge is 0.340 e. The molecule has 0 aliphatic heterocycles. The van der Waals surface area contributed by atoms with Crippen molar-refractivity contribution in [2.75, 3.05) is 26.4 Å². The number of esters is 1. The molecule has 0 aliphatic carbocycles. The lowest BCUT2D eigenvalue weighted by Crippen LogP contribution is -2.92. The number of nitrogens with zero attached hydrogens (tertiary/aromatic N) is 1. The van der Waals surface area contributed by atoms with E-state index in [0.717, 1.165) is 23.0 Å². The van der Waals surface area contributed by atoms with Crippen LogP contribution in [0.2, 0.25) is 0 Å². The van der Waals surface area contributed by atoms with Crippen LogP contribution in [-0.2, 0) is 11.8 Å². The highest BCUT2D eigenvalue weighted by Gasteiger charge is 2.20. The van der Waals surface area contributed by atoms with E-state index in [-0.39, 0.29) is 25.2 Å². The Morgan fingerprint density at radius 3 is 2.70 bits per heavy atom. The first kappa shape index (κ1) is 21.2. The normalized spacial score (nSPS) is 13.6. The molecule has 0 saturated heterocycles. The molecule has 0 radical (unpaired) electrons. The van der Waals surface area contributed by atoms with Crippen LogP contribution in [0.15, 0.2) is 18.2 Å². The Morgan fingerprint density at radius 2 is 2.07 bits per heavy atom. The van der Waals surface area contributed by atoms with Gasteiger partial charge in [0, 0.05) is 23.6 Å². The fourth-order valence-electron chi connectivity index (χ4n) is 3.08. The van der Waals surface area contributed by atoms with E-state index in [2.05, 4.69) is 0 Å². The molecule has 2 rings (SSSR count). The second-order valence-corrected chi connectivity index (χ2v) is 6.71. The molecule has 2 atom stereocenters. The summed E-state index contributed by atoms with van der Waals surface area (Å²) in [7, 11) is 1.91. The van der Waals surface area contributed by atoms with Crippen LogP contribution < -0.4 is 10.1 Å². The highest BCUT2D eigenvalue weighted by Crippen LogP contribution is 2.29. The minimum absolute atomic E-state index is 0.0880. The van der Waals surface area contributed by atoms with E-state index in [4.69, 9.17) is 9.47 Å². The van der Waals surface area contributed by atoms with Gasteiger partial charge in [0.2, 0.25) is 0 Å². The van der Waals surface area contributed by atoms with Gasteiger partial charge in [0.1, 0.15) is 31.0 Å². The van der Waals surface area contributed by atoms with Gasteiger partial charge >= 0.3 is 5.97 Å². The summed E-state index contributed by atoms with van der Waals surface area (Å²) >= 11 is 0. The molecule has 4 N–H and O–H groups in total. The van der Waals surface area contributed by atoms with E-state index in [1.54, 1.807) is 6.92 Å². The third-order valence-electron chi connectivity index (χ3n) is 4.89. The molecule has 27 heavy (non-hydrogen) atoms. The molecule has 0 fully saturated rings. The van der Waals surface area contributed by atoms with Gasteiger partial charge in [0.25, 0.3) is 0 Å². The summed E-state index contributed by atoms with van der Waals surface area (Å²) in [6.45, 7) is 6.68. The lowest BCUT2D eigenvalue weighted by Gasteiger charge is -2.15. The number of hydrogen-bond donors (Lipinski definition) is 3. The number of fused-ring (bicyclic) bond motifs is 1. The second kappa shape index (κ2) is 9.73. The van der Waals surface area contributed by atoms with Gasteiger partial charge in [0.15, 0.2) is 0 Å². The van der Waals surface area contributed by atoms with Crippen LogP contribution >= 0.6 is 0 Å². The molecule has 0 saturated carbocycles. The van der Waals surface area contributed by atoms with Crippen molar-refractivity contribution < 1.29 is 29.8 Å². The largest absolute Gasteiger partial charge is 0.491 e. The lowest BCUT2D eigenvalue weighted by molar-refractivity contribution is -0.696. The van der Waals surface area contributed by atoms with Crippen molar-refractivity contribution in [2.45, 2.75) is 39.3 Å². The minimum atomic E-state index is -0.650. The summed E-state index contributed by atoms with van der Waals surface area (Å²) < 4.78 is 12.9. The molecular formula is C20H31N2O5+. The van der Waals surface area contributed by atoms with E-state index in [0.29, 0.717) is 24.5 Å². The van der Waals surface area contributed by atoms with Crippen LogP contribution in [0, 0.1) is 6.92 Å². The van der Waals surface area contributed by atoms with Gasteiger partial charge in [0.05, 0.1) is 18.8 Å². The number of aryl methyl sites for hydroxylation is 1. The molecule has 7 heteroatoms. The van der Waals surface area contributed by atoms with E-state index in [9.17, 15) is 15.0 Å². The highest BCUT2D eigenvalue weighted by molar-refractivity contribution is 6.06. The number of nitrogens with two attached hydrogens (primary N) is 1. The van der Waals surface area contributed by atoms with Crippen LogP contribution in [0.1, 0.15) is 36.3 Å². The first-order valence-electron chi connectivity index (χ1n) is 9.44. The van der Waals surface area contributed by atoms with E-state index in [1.165, 1.54) is 0 Å². The van der Waals surface area contributed by atoms with Crippen molar-refractivity contribution in [3.05, 3.63) is 29.5 Å². The third kappa shape index (κ3) is 5.00. The first-order chi connectivity index (χ1) is 12.9. The van der Waals surface area contributed by atoms with Gasteiger partial charge in [-0.1, -0.05) is 6.92 Å². The van der Waals surface area contributed by atoms with Gasteiger partial charge in [-0.05, 0) is 38.5 Å². The molecule has 1 aromatic heterocycles. The van der Waals surface area contributed by atoms with E-state index in [1.807, 2.05) is 49.0 Å². The molecule has 1 heterocycles. The zero-order valence-corrected chi connectivity index (χ0v) is 16.6. The van der Waals surface area contributed by atoms with Crippen molar-refractivity contribution in [3.8, 4) is 5.75 Å². The average Bonchev–Trinajstić information content (AvgIpc) is 2.91. The maximum atomic E-state index is 12.3. The van der Waals surface area contributed by atoms with Crippen LogP contribution in [-0.4, -0.2) is 59.3 Å². The number of aromatic nitrogens is 1. The minimum Gasteiger partial charge on any atom is -0.491 e. The number of benzene rings is 1. The average molecular weight is 379 g/mol. The molecule has 2 aromatic rings. The van der Waals surface area contributed by atoms with E-state index < -0.39 is 6.10 Å². The Labute approximate surface area is 159 Å². The van der Waals surface area contributed by atoms with Gasteiger partial charge in [-0.15, -0.1) is 0 Å². The predicted octanol–water partition coefficient (Wildman–Crippen LogP) is 0.737. The molecule has 2 unspecified atom stereocenters. The number of carbonyl (C=O) groups is 1. The summed E-state index contributed by atoms with van der Waals surface area (Å²) in [5, 5.41) is 22.0. The van der Waals surface area contributed by atoms with Crippen molar-refractivity contribution in [1.82, 2.24) is 4.57 Å². The summed E-state index contributed by atoms with van der Waals surface area (Å²) in [4.78, 5) is 12.3. The van der Waals surface area contributed by atoms with Crippen molar-refractivity contribution in [3.63, 3.8) is 0 Å².